The van der Waals surface area contributed by atoms with Crippen LogP contribution in [0.1, 0.15) is 46.3 Å². The van der Waals surface area contributed by atoms with E-state index in [1.54, 1.807) is 0 Å². The van der Waals surface area contributed by atoms with Gasteiger partial charge in [-0.15, -0.1) is 0 Å². The number of likely N-dealkylation sites (tertiary alicyclic amines) is 1. The van der Waals surface area contributed by atoms with E-state index in [0.717, 1.165) is 36.1 Å². The summed E-state index contributed by atoms with van der Waals surface area (Å²) in [5.41, 5.74) is 5.42. The van der Waals surface area contributed by atoms with Gasteiger partial charge in [0.25, 0.3) is 5.91 Å². The minimum Gasteiger partial charge on any atom is -0.338 e. The highest BCUT2D eigenvalue weighted by molar-refractivity contribution is 5.97. The molecule has 2 aromatic carbocycles. The van der Waals surface area contributed by atoms with Crippen LogP contribution in [0.25, 0.3) is 0 Å². The fourth-order valence-corrected chi connectivity index (χ4v) is 4.24. The first-order valence-corrected chi connectivity index (χ1v) is 9.81. The molecule has 140 valence electrons. The molecule has 1 saturated heterocycles. The van der Waals surface area contributed by atoms with E-state index in [1.165, 1.54) is 11.1 Å². The Morgan fingerprint density at radius 3 is 2.44 bits per heavy atom. The maximum Gasteiger partial charge on any atom is 0.253 e. The first-order chi connectivity index (χ1) is 13.0. The summed E-state index contributed by atoms with van der Waals surface area (Å²) in [5, 5.41) is 0. The second-order valence-corrected chi connectivity index (χ2v) is 7.71. The standard InChI is InChI=1S/C23H26N2O2/c1-16-7-8-19(15-17(16)2)23(27)24-13-11-20(12-14-24)25-21-6-4-3-5-18(21)9-10-22(25)26/h3-8,15,20H,9-14H2,1-2H3. The zero-order valence-electron chi connectivity index (χ0n) is 16.1. The molecular formula is C23H26N2O2. The lowest BCUT2D eigenvalue weighted by Crippen LogP contribution is -2.50. The van der Waals surface area contributed by atoms with Gasteiger partial charge in [-0.05, 0) is 68.0 Å². The predicted molar refractivity (Wildman–Crippen MR) is 107 cm³/mol. The highest BCUT2D eigenvalue weighted by Gasteiger charge is 2.33. The van der Waals surface area contributed by atoms with E-state index in [-0.39, 0.29) is 17.9 Å². The third-order valence-corrected chi connectivity index (χ3v) is 6.00. The Bertz CT molecular complexity index is 882. The SMILES string of the molecule is Cc1ccc(C(=O)N2CCC(N3C(=O)CCc4ccccc43)CC2)cc1C. The van der Waals surface area contributed by atoms with Gasteiger partial charge in [0, 0.05) is 36.8 Å². The lowest BCUT2D eigenvalue weighted by atomic mass is 9.95. The molecule has 2 aromatic rings. The summed E-state index contributed by atoms with van der Waals surface area (Å²) < 4.78 is 0. The Hall–Kier alpha value is -2.62. The Morgan fingerprint density at radius 2 is 1.70 bits per heavy atom. The highest BCUT2D eigenvalue weighted by atomic mass is 16.2. The van der Waals surface area contributed by atoms with Crippen LogP contribution >= 0.6 is 0 Å². The third kappa shape index (κ3) is 3.36. The number of aryl methyl sites for hydroxylation is 3. The fourth-order valence-electron chi connectivity index (χ4n) is 4.24. The molecule has 27 heavy (non-hydrogen) atoms. The second-order valence-electron chi connectivity index (χ2n) is 7.71. The molecule has 2 amide bonds. The van der Waals surface area contributed by atoms with Crippen molar-refractivity contribution in [3.63, 3.8) is 0 Å². The molecular weight excluding hydrogens is 336 g/mol. The van der Waals surface area contributed by atoms with Crippen LogP contribution in [-0.2, 0) is 11.2 Å². The fraction of sp³-hybridized carbons (Fsp3) is 0.391. The van der Waals surface area contributed by atoms with Gasteiger partial charge in [-0.25, -0.2) is 0 Å². The van der Waals surface area contributed by atoms with E-state index in [4.69, 9.17) is 0 Å². The van der Waals surface area contributed by atoms with Crippen molar-refractivity contribution in [2.75, 3.05) is 18.0 Å². The first-order valence-electron chi connectivity index (χ1n) is 9.81. The van der Waals surface area contributed by atoms with Crippen LogP contribution < -0.4 is 4.90 Å². The molecule has 4 heteroatoms. The molecule has 2 aliphatic rings. The van der Waals surface area contributed by atoms with Gasteiger partial charge >= 0.3 is 0 Å². The highest BCUT2D eigenvalue weighted by Crippen LogP contribution is 2.32. The molecule has 4 nitrogen and oxygen atoms in total. The molecule has 2 aliphatic heterocycles. The van der Waals surface area contributed by atoms with Crippen LogP contribution in [0.3, 0.4) is 0 Å². The Kier molecular flexibility index (Phi) is 4.73. The van der Waals surface area contributed by atoms with Gasteiger partial charge in [0.1, 0.15) is 0 Å². The minimum absolute atomic E-state index is 0.0990. The number of rotatable bonds is 2. The molecule has 1 fully saturated rings. The molecule has 0 bridgehead atoms. The minimum atomic E-state index is 0.0990. The molecule has 0 atom stereocenters. The van der Waals surface area contributed by atoms with Crippen LogP contribution in [-0.4, -0.2) is 35.8 Å². The van der Waals surface area contributed by atoms with Crippen molar-refractivity contribution < 1.29 is 9.59 Å². The van der Waals surface area contributed by atoms with E-state index < -0.39 is 0 Å². The van der Waals surface area contributed by atoms with Crippen molar-refractivity contribution in [3.05, 3.63) is 64.7 Å². The van der Waals surface area contributed by atoms with Crippen LogP contribution in [0.5, 0.6) is 0 Å². The van der Waals surface area contributed by atoms with Crippen molar-refractivity contribution >= 4 is 17.5 Å². The largest absolute Gasteiger partial charge is 0.338 e. The number of piperidine rings is 1. The van der Waals surface area contributed by atoms with Crippen LogP contribution in [0, 0.1) is 13.8 Å². The zero-order chi connectivity index (χ0) is 19.0. The summed E-state index contributed by atoms with van der Waals surface area (Å²) in [6, 6.07) is 14.3. The number of fused-ring (bicyclic) bond motifs is 1. The Labute approximate surface area is 160 Å². The average Bonchev–Trinajstić information content (AvgIpc) is 2.70. The zero-order valence-corrected chi connectivity index (χ0v) is 16.1. The Morgan fingerprint density at radius 1 is 0.963 bits per heavy atom. The summed E-state index contributed by atoms with van der Waals surface area (Å²) in [7, 11) is 0. The maximum absolute atomic E-state index is 12.9. The van der Waals surface area contributed by atoms with Gasteiger partial charge in [-0.2, -0.15) is 0 Å². The smallest absolute Gasteiger partial charge is 0.253 e. The molecule has 0 spiro atoms. The topological polar surface area (TPSA) is 40.6 Å². The van der Waals surface area contributed by atoms with Gasteiger partial charge < -0.3 is 9.80 Å². The van der Waals surface area contributed by atoms with Crippen LogP contribution in [0.15, 0.2) is 42.5 Å². The number of benzene rings is 2. The first kappa shape index (κ1) is 17.8. The van der Waals surface area contributed by atoms with E-state index in [1.807, 2.05) is 47.1 Å². The quantitative estimate of drug-likeness (QED) is 0.813. The van der Waals surface area contributed by atoms with Crippen molar-refractivity contribution in [3.8, 4) is 0 Å². The third-order valence-electron chi connectivity index (χ3n) is 6.00. The molecule has 0 N–H and O–H groups in total. The number of hydrogen-bond donors (Lipinski definition) is 0. The second kappa shape index (κ2) is 7.18. The van der Waals surface area contributed by atoms with Gasteiger partial charge in [0.15, 0.2) is 0 Å². The van der Waals surface area contributed by atoms with Crippen LogP contribution in [0.4, 0.5) is 5.69 Å². The molecule has 0 radical (unpaired) electrons. The molecule has 0 aliphatic carbocycles. The van der Waals surface area contributed by atoms with E-state index in [9.17, 15) is 9.59 Å². The summed E-state index contributed by atoms with van der Waals surface area (Å²) in [5.74, 6) is 0.314. The normalized spacial score (nSPS) is 17.8. The summed E-state index contributed by atoms with van der Waals surface area (Å²) in [6.07, 6.45) is 3.07. The van der Waals surface area contributed by atoms with Crippen LogP contribution in [0.2, 0.25) is 0 Å². The molecule has 2 heterocycles. The molecule has 0 aromatic heterocycles. The number of carbonyl (C=O) groups excluding carboxylic acids is 2. The molecule has 4 rings (SSSR count). The number of hydrogen-bond acceptors (Lipinski definition) is 2. The lowest BCUT2D eigenvalue weighted by Gasteiger charge is -2.41. The van der Waals surface area contributed by atoms with E-state index >= 15 is 0 Å². The van der Waals surface area contributed by atoms with Crippen molar-refractivity contribution in [2.24, 2.45) is 0 Å². The molecule has 0 saturated carbocycles. The van der Waals surface area contributed by atoms with Gasteiger partial charge in [0.05, 0.1) is 0 Å². The summed E-state index contributed by atoms with van der Waals surface area (Å²) in [6.45, 7) is 5.49. The van der Waals surface area contributed by atoms with Gasteiger partial charge in [-0.3, -0.25) is 9.59 Å². The molecule has 0 unspecified atom stereocenters. The van der Waals surface area contributed by atoms with Crippen molar-refractivity contribution in [2.45, 2.75) is 45.6 Å². The van der Waals surface area contributed by atoms with E-state index in [0.29, 0.717) is 19.5 Å². The van der Waals surface area contributed by atoms with Gasteiger partial charge in [0.2, 0.25) is 5.91 Å². The lowest BCUT2D eigenvalue weighted by molar-refractivity contribution is -0.119. The number of carbonyl (C=O) groups is 2. The van der Waals surface area contributed by atoms with Crippen molar-refractivity contribution in [1.82, 2.24) is 4.90 Å². The predicted octanol–water partition coefficient (Wildman–Crippen LogP) is 3.89. The number of anilines is 1. The summed E-state index contributed by atoms with van der Waals surface area (Å²) >= 11 is 0. The average molecular weight is 362 g/mol. The summed E-state index contributed by atoms with van der Waals surface area (Å²) in [4.78, 5) is 29.4. The number of nitrogens with zero attached hydrogens (tertiary/aromatic N) is 2. The van der Waals surface area contributed by atoms with Crippen molar-refractivity contribution in [1.29, 1.82) is 0 Å². The monoisotopic (exact) mass is 362 g/mol. The Balaban J connectivity index is 1.47. The van der Waals surface area contributed by atoms with E-state index in [2.05, 4.69) is 19.1 Å². The maximum atomic E-state index is 12.9. The number of amides is 2. The van der Waals surface area contributed by atoms with Gasteiger partial charge in [-0.1, -0.05) is 24.3 Å². The number of para-hydroxylation sites is 1.